The first-order valence-corrected chi connectivity index (χ1v) is 14.3. The van der Waals surface area contributed by atoms with Crippen molar-refractivity contribution >= 4 is 29.4 Å². The number of nitrogens with one attached hydrogen (secondary N) is 1. The van der Waals surface area contributed by atoms with Gasteiger partial charge in [-0.1, -0.05) is 74.5 Å². The molecule has 0 unspecified atom stereocenters. The highest BCUT2D eigenvalue weighted by Gasteiger charge is 2.63. The van der Waals surface area contributed by atoms with Crippen molar-refractivity contribution in [1.82, 2.24) is 4.90 Å². The largest absolute Gasteiger partial charge is 0.454 e. The van der Waals surface area contributed by atoms with Crippen molar-refractivity contribution in [2.75, 3.05) is 11.9 Å². The van der Waals surface area contributed by atoms with E-state index in [0.717, 1.165) is 38.3 Å². The molecule has 7 heteroatoms. The number of nitrogens with zero attached hydrogens (tertiary/aromatic N) is 1. The van der Waals surface area contributed by atoms with Crippen molar-refractivity contribution in [2.45, 2.75) is 52.0 Å². The summed E-state index contributed by atoms with van der Waals surface area (Å²) in [4.78, 5) is 55.7. The van der Waals surface area contributed by atoms with E-state index in [2.05, 4.69) is 5.32 Å². The third kappa shape index (κ3) is 4.44. The van der Waals surface area contributed by atoms with E-state index in [0.29, 0.717) is 5.69 Å². The van der Waals surface area contributed by atoms with Gasteiger partial charge in [-0.05, 0) is 65.6 Å². The van der Waals surface area contributed by atoms with Gasteiger partial charge >= 0.3 is 5.97 Å². The monoisotopic (exact) mass is 550 g/mol. The molecule has 3 amide bonds. The molecule has 41 heavy (non-hydrogen) atoms. The van der Waals surface area contributed by atoms with Gasteiger partial charge < -0.3 is 10.1 Å². The molecular weight excluding hydrogens is 516 g/mol. The van der Waals surface area contributed by atoms with Crippen LogP contribution >= 0.6 is 0 Å². The molecule has 3 aromatic rings. The highest BCUT2D eigenvalue weighted by Crippen LogP contribution is 2.61. The van der Waals surface area contributed by atoms with E-state index in [4.69, 9.17) is 4.74 Å². The highest BCUT2D eigenvalue weighted by molar-refractivity contribution is 6.10. The molecular formula is C34H34N2O5. The Balaban J connectivity index is 1.27. The normalized spacial score (nSPS) is 22.7. The molecule has 3 atom stereocenters. The van der Waals surface area contributed by atoms with Crippen LogP contribution in [0.15, 0.2) is 66.7 Å². The lowest BCUT2D eigenvalue weighted by Crippen LogP contribution is -2.47. The Labute approximate surface area is 239 Å². The van der Waals surface area contributed by atoms with Crippen LogP contribution in [0.2, 0.25) is 0 Å². The molecule has 0 saturated carbocycles. The number of aryl methyl sites for hydroxylation is 2. The summed E-state index contributed by atoms with van der Waals surface area (Å²) in [5.41, 5.74) is 6.83. The number of carbonyl (C=O) groups is 4. The van der Waals surface area contributed by atoms with Crippen LogP contribution in [-0.2, 0) is 23.9 Å². The van der Waals surface area contributed by atoms with Gasteiger partial charge in [0.05, 0.1) is 11.8 Å². The first-order chi connectivity index (χ1) is 19.7. The smallest absolute Gasteiger partial charge is 0.329 e. The van der Waals surface area contributed by atoms with Crippen LogP contribution in [0.3, 0.4) is 0 Å². The summed E-state index contributed by atoms with van der Waals surface area (Å²) in [7, 11) is 0. The maximum atomic E-state index is 14.2. The molecule has 1 N–H and O–H groups in total. The molecule has 210 valence electrons. The van der Waals surface area contributed by atoms with Crippen molar-refractivity contribution in [3.05, 3.63) is 100 Å². The Morgan fingerprint density at radius 3 is 1.83 bits per heavy atom. The maximum Gasteiger partial charge on any atom is 0.329 e. The molecule has 4 aliphatic rings. The van der Waals surface area contributed by atoms with Gasteiger partial charge in [-0.25, -0.2) is 4.79 Å². The first kappa shape index (κ1) is 26.9. The Morgan fingerprint density at radius 2 is 1.34 bits per heavy atom. The van der Waals surface area contributed by atoms with E-state index < -0.39 is 36.4 Å². The summed E-state index contributed by atoms with van der Waals surface area (Å²) in [5.74, 6) is -3.53. The van der Waals surface area contributed by atoms with Gasteiger partial charge in [0, 0.05) is 17.5 Å². The zero-order valence-electron chi connectivity index (χ0n) is 23.7. The first-order valence-electron chi connectivity index (χ1n) is 14.3. The fourth-order valence-corrected chi connectivity index (χ4v) is 7.05. The van der Waals surface area contributed by atoms with Gasteiger partial charge in [0.2, 0.25) is 11.8 Å². The van der Waals surface area contributed by atoms with E-state index in [9.17, 15) is 19.2 Å². The summed E-state index contributed by atoms with van der Waals surface area (Å²) in [6.45, 7) is 7.16. The number of rotatable bonds is 7. The van der Waals surface area contributed by atoms with Crippen LogP contribution in [0, 0.1) is 31.6 Å². The van der Waals surface area contributed by atoms with Crippen molar-refractivity contribution in [3.63, 3.8) is 0 Å². The third-order valence-electron chi connectivity index (χ3n) is 8.77. The minimum absolute atomic E-state index is 0.00524. The van der Waals surface area contributed by atoms with Crippen LogP contribution in [-0.4, -0.2) is 41.2 Å². The maximum absolute atomic E-state index is 14.2. The molecule has 0 aromatic heterocycles. The van der Waals surface area contributed by atoms with E-state index in [1.54, 1.807) is 0 Å². The standard InChI is InChI=1S/C34H34N2O5/c1-18(2)15-26(34(40)41-17-27(37)35-25-16-19(3)13-14-20(25)4)36-32(38)30-28-21-9-5-6-10-22(21)29(31(30)33(36)39)24-12-8-7-11-23(24)28/h5-14,16,18,26,28-31H,15,17H2,1-4H3,(H,35,37)/t26-,28?,29?,30-,31-/m0/s1. The number of amides is 3. The second kappa shape index (κ2) is 10.3. The number of benzene rings is 3. The average molecular weight is 551 g/mol. The second-order valence-electron chi connectivity index (χ2n) is 11.9. The van der Waals surface area contributed by atoms with Crippen LogP contribution in [0.25, 0.3) is 0 Å². The molecule has 0 spiro atoms. The van der Waals surface area contributed by atoms with Gasteiger partial charge in [0.1, 0.15) is 6.04 Å². The summed E-state index contributed by atoms with van der Waals surface area (Å²) in [6.07, 6.45) is 0.254. The third-order valence-corrected chi connectivity index (χ3v) is 8.77. The van der Waals surface area contributed by atoms with Crippen molar-refractivity contribution in [1.29, 1.82) is 0 Å². The van der Waals surface area contributed by atoms with Gasteiger partial charge in [0.25, 0.3) is 5.91 Å². The summed E-state index contributed by atoms with van der Waals surface area (Å²) >= 11 is 0. The molecule has 3 aliphatic carbocycles. The Bertz CT molecular complexity index is 1460. The van der Waals surface area contributed by atoms with E-state index in [1.807, 2.05) is 94.4 Å². The molecule has 0 radical (unpaired) electrons. The molecule has 7 nitrogen and oxygen atoms in total. The van der Waals surface area contributed by atoms with E-state index in [1.165, 1.54) is 0 Å². The summed E-state index contributed by atoms with van der Waals surface area (Å²) < 4.78 is 5.47. The number of anilines is 1. The number of carbonyl (C=O) groups excluding carboxylic acids is 4. The fourth-order valence-electron chi connectivity index (χ4n) is 7.05. The van der Waals surface area contributed by atoms with Crippen molar-refractivity contribution in [3.8, 4) is 0 Å². The van der Waals surface area contributed by atoms with Crippen LogP contribution in [0.4, 0.5) is 5.69 Å². The lowest BCUT2D eigenvalue weighted by molar-refractivity contribution is -0.160. The van der Waals surface area contributed by atoms with Crippen LogP contribution < -0.4 is 5.32 Å². The zero-order chi connectivity index (χ0) is 29.0. The number of imide groups is 1. The van der Waals surface area contributed by atoms with Gasteiger partial charge in [0.15, 0.2) is 6.61 Å². The second-order valence-corrected chi connectivity index (χ2v) is 11.9. The lowest BCUT2D eigenvalue weighted by Gasteiger charge is -2.45. The molecule has 1 fully saturated rings. The Kier molecular flexibility index (Phi) is 6.76. The number of hydrogen-bond acceptors (Lipinski definition) is 5. The number of esters is 1. The van der Waals surface area contributed by atoms with E-state index >= 15 is 0 Å². The summed E-state index contributed by atoms with van der Waals surface area (Å²) in [5, 5.41) is 2.79. The van der Waals surface area contributed by atoms with Crippen LogP contribution in [0.5, 0.6) is 0 Å². The minimum Gasteiger partial charge on any atom is -0.454 e. The Morgan fingerprint density at radius 1 is 0.829 bits per heavy atom. The lowest BCUT2D eigenvalue weighted by atomic mass is 9.55. The minimum atomic E-state index is -1.10. The number of hydrogen-bond donors (Lipinski definition) is 1. The van der Waals surface area contributed by atoms with Crippen LogP contribution in [0.1, 0.15) is 65.5 Å². The van der Waals surface area contributed by atoms with Gasteiger partial charge in [-0.15, -0.1) is 0 Å². The molecule has 7 rings (SSSR count). The molecule has 1 heterocycles. The Hall–Kier alpha value is -4.26. The fraction of sp³-hybridized carbons (Fsp3) is 0.353. The van der Waals surface area contributed by atoms with Gasteiger partial charge in [-0.3, -0.25) is 19.3 Å². The molecule has 3 aromatic carbocycles. The summed E-state index contributed by atoms with van der Waals surface area (Å²) in [6, 6.07) is 20.7. The topological polar surface area (TPSA) is 92.8 Å². The molecule has 1 saturated heterocycles. The molecule has 2 bridgehead atoms. The quantitative estimate of drug-likeness (QED) is 0.327. The van der Waals surface area contributed by atoms with Crippen molar-refractivity contribution < 1.29 is 23.9 Å². The highest BCUT2D eigenvalue weighted by atomic mass is 16.5. The molecule has 1 aliphatic heterocycles. The predicted molar refractivity (Wildman–Crippen MR) is 154 cm³/mol. The number of ether oxygens (including phenoxy) is 1. The SMILES string of the molecule is Cc1ccc(C)c(NC(=O)COC(=O)[C@H](CC(C)C)N2C(=O)[C@H]3C4c5ccccc5C(c5ccccc54)[C@@H]3C2=O)c1. The number of likely N-dealkylation sites (tertiary alicyclic amines) is 1. The zero-order valence-corrected chi connectivity index (χ0v) is 23.7. The predicted octanol–water partition coefficient (Wildman–Crippen LogP) is 5.09. The van der Waals surface area contributed by atoms with Gasteiger partial charge in [-0.2, -0.15) is 0 Å². The average Bonchev–Trinajstić information content (AvgIpc) is 3.22. The van der Waals surface area contributed by atoms with E-state index in [-0.39, 0.29) is 36.0 Å². The van der Waals surface area contributed by atoms with Crippen molar-refractivity contribution in [2.24, 2.45) is 17.8 Å².